The van der Waals surface area contributed by atoms with Gasteiger partial charge in [0.15, 0.2) is 0 Å². The fourth-order valence-corrected chi connectivity index (χ4v) is 1.98. The van der Waals surface area contributed by atoms with Crippen LogP contribution in [0.25, 0.3) is 0 Å². The molecule has 0 saturated heterocycles. The van der Waals surface area contributed by atoms with Crippen molar-refractivity contribution in [2.45, 2.75) is 19.4 Å². The van der Waals surface area contributed by atoms with Crippen molar-refractivity contribution in [1.82, 2.24) is 4.90 Å². The van der Waals surface area contributed by atoms with Gasteiger partial charge in [0.25, 0.3) is 5.91 Å². The number of hydrogen-bond donors (Lipinski definition) is 2. The number of aliphatic hydroxyl groups excluding tert-OH is 1. The number of likely N-dealkylation sites (N-methyl/N-ethyl adjacent to an activating group) is 1. The van der Waals surface area contributed by atoms with Gasteiger partial charge in [0.1, 0.15) is 0 Å². The van der Waals surface area contributed by atoms with E-state index in [9.17, 15) is 9.90 Å². The van der Waals surface area contributed by atoms with E-state index in [2.05, 4.69) is 11.8 Å². The molecule has 0 aromatic carbocycles. The first kappa shape index (κ1) is 14.7. The Balaban J connectivity index is 2.88. The van der Waals surface area contributed by atoms with Gasteiger partial charge in [-0.3, -0.25) is 4.79 Å². The van der Waals surface area contributed by atoms with Crippen molar-refractivity contribution < 1.29 is 9.90 Å². The summed E-state index contributed by atoms with van der Waals surface area (Å²) in [5, 5.41) is 11.0. The summed E-state index contributed by atoms with van der Waals surface area (Å²) in [6, 6.07) is 1.75. The number of rotatable bonds is 3. The average Bonchev–Trinajstić information content (AvgIpc) is 2.83. The molecule has 98 valence electrons. The van der Waals surface area contributed by atoms with Crippen LogP contribution in [0.5, 0.6) is 0 Å². The van der Waals surface area contributed by atoms with Crippen molar-refractivity contribution in [2.75, 3.05) is 20.2 Å². The number of aliphatic hydroxyl groups is 1. The lowest BCUT2D eigenvalue weighted by molar-refractivity contribution is 0.0473. The smallest absolute Gasteiger partial charge is 0.255 e. The fourth-order valence-electron chi connectivity index (χ4n) is 1.23. The van der Waals surface area contributed by atoms with Crippen molar-refractivity contribution >= 4 is 17.2 Å². The minimum atomic E-state index is -0.581. The van der Waals surface area contributed by atoms with E-state index in [0.29, 0.717) is 12.1 Å². The number of amides is 1. The standard InChI is InChI=1S/C13H18N2O2S/c1-13(2,9-16)15(3)12(17)10-7-11(18-8-10)5-4-6-14/h7-8,16H,6,9,14H2,1-3H3. The Hall–Kier alpha value is -1.35. The Bertz CT molecular complexity index is 483. The maximum Gasteiger partial charge on any atom is 0.255 e. The lowest BCUT2D eigenvalue weighted by Crippen LogP contribution is -2.47. The molecule has 0 spiro atoms. The molecular formula is C13H18N2O2S. The van der Waals surface area contributed by atoms with Gasteiger partial charge in [-0.05, 0) is 19.9 Å². The lowest BCUT2D eigenvalue weighted by Gasteiger charge is -2.33. The van der Waals surface area contributed by atoms with Gasteiger partial charge in [0.2, 0.25) is 0 Å². The molecule has 0 aliphatic carbocycles. The molecule has 1 amide bonds. The normalized spacial score (nSPS) is 10.7. The maximum atomic E-state index is 12.2. The van der Waals surface area contributed by atoms with E-state index in [-0.39, 0.29) is 12.5 Å². The summed E-state index contributed by atoms with van der Waals surface area (Å²) in [4.78, 5) is 14.5. The van der Waals surface area contributed by atoms with E-state index in [1.807, 2.05) is 13.8 Å². The van der Waals surface area contributed by atoms with Crippen molar-refractivity contribution in [3.05, 3.63) is 21.9 Å². The highest BCUT2D eigenvalue weighted by Gasteiger charge is 2.27. The second kappa shape index (κ2) is 6.01. The molecule has 1 aromatic rings. The second-order valence-corrected chi connectivity index (χ2v) is 5.45. The number of hydrogen-bond acceptors (Lipinski definition) is 4. The minimum Gasteiger partial charge on any atom is -0.394 e. The Morgan fingerprint density at radius 3 is 2.83 bits per heavy atom. The number of nitrogens with zero attached hydrogens (tertiary/aromatic N) is 1. The molecular weight excluding hydrogens is 248 g/mol. The molecule has 0 aliphatic rings. The molecule has 1 rings (SSSR count). The molecule has 0 radical (unpaired) electrons. The lowest BCUT2D eigenvalue weighted by atomic mass is 10.0. The molecule has 4 nitrogen and oxygen atoms in total. The summed E-state index contributed by atoms with van der Waals surface area (Å²) in [5.41, 5.74) is 5.30. The van der Waals surface area contributed by atoms with Gasteiger partial charge in [-0.1, -0.05) is 11.8 Å². The summed E-state index contributed by atoms with van der Waals surface area (Å²) >= 11 is 1.41. The first-order valence-corrected chi connectivity index (χ1v) is 6.47. The van der Waals surface area contributed by atoms with Crippen LogP contribution in [-0.4, -0.2) is 41.7 Å². The molecule has 0 bridgehead atoms. The van der Waals surface area contributed by atoms with Crippen LogP contribution >= 0.6 is 11.3 Å². The van der Waals surface area contributed by atoms with E-state index < -0.39 is 5.54 Å². The summed E-state index contributed by atoms with van der Waals surface area (Å²) in [6.07, 6.45) is 0. The van der Waals surface area contributed by atoms with E-state index >= 15 is 0 Å². The number of carbonyl (C=O) groups excluding carboxylic acids is 1. The quantitative estimate of drug-likeness (QED) is 0.799. The van der Waals surface area contributed by atoms with Gasteiger partial charge in [-0.2, -0.15) is 0 Å². The maximum absolute atomic E-state index is 12.2. The molecule has 1 heterocycles. The third-order valence-electron chi connectivity index (χ3n) is 2.76. The molecule has 1 aromatic heterocycles. The first-order chi connectivity index (χ1) is 8.42. The van der Waals surface area contributed by atoms with Crippen LogP contribution in [0, 0.1) is 11.8 Å². The van der Waals surface area contributed by atoms with Gasteiger partial charge >= 0.3 is 0 Å². The van der Waals surface area contributed by atoms with Crippen molar-refractivity contribution in [2.24, 2.45) is 5.73 Å². The summed E-state index contributed by atoms with van der Waals surface area (Å²) in [6.45, 7) is 3.84. The number of carbonyl (C=O) groups is 1. The van der Waals surface area contributed by atoms with Crippen LogP contribution in [0.15, 0.2) is 11.4 Å². The predicted molar refractivity (Wildman–Crippen MR) is 73.5 cm³/mol. The molecule has 3 N–H and O–H groups in total. The largest absolute Gasteiger partial charge is 0.394 e. The molecule has 0 atom stereocenters. The van der Waals surface area contributed by atoms with E-state index in [4.69, 9.17) is 5.73 Å². The monoisotopic (exact) mass is 266 g/mol. The minimum absolute atomic E-state index is 0.0841. The van der Waals surface area contributed by atoms with Gasteiger partial charge < -0.3 is 15.7 Å². The molecule has 0 saturated carbocycles. The molecule has 18 heavy (non-hydrogen) atoms. The van der Waals surface area contributed by atoms with Gasteiger partial charge in [-0.15, -0.1) is 11.3 Å². The first-order valence-electron chi connectivity index (χ1n) is 5.59. The zero-order valence-electron chi connectivity index (χ0n) is 10.9. The van der Waals surface area contributed by atoms with Crippen molar-refractivity contribution in [3.63, 3.8) is 0 Å². The Morgan fingerprint density at radius 1 is 1.61 bits per heavy atom. The highest BCUT2D eigenvalue weighted by Crippen LogP contribution is 2.19. The Labute approximate surface area is 111 Å². The second-order valence-electron chi connectivity index (χ2n) is 4.54. The van der Waals surface area contributed by atoms with Crippen LogP contribution in [0.2, 0.25) is 0 Å². The zero-order chi connectivity index (χ0) is 13.8. The SMILES string of the molecule is CN(C(=O)c1csc(C#CCN)c1)C(C)(C)CO. The van der Waals surface area contributed by atoms with Crippen LogP contribution in [0.1, 0.15) is 29.1 Å². The Kier molecular flexibility index (Phi) is 4.91. The number of thiophene rings is 1. The molecule has 0 fully saturated rings. The van der Waals surface area contributed by atoms with Crippen LogP contribution in [0.3, 0.4) is 0 Å². The van der Waals surface area contributed by atoms with Gasteiger partial charge in [0.05, 0.1) is 29.1 Å². The van der Waals surface area contributed by atoms with E-state index in [1.54, 1.807) is 18.5 Å². The van der Waals surface area contributed by atoms with Crippen molar-refractivity contribution in [3.8, 4) is 11.8 Å². The molecule has 5 heteroatoms. The van der Waals surface area contributed by atoms with Crippen LogP contribution < -0.4 is 5.73 Å². The predicted octanol–water partition coefficient (Wildman–Crippen LogP) is 0.901. The third kappa shape index (κ3) is 3.33. The zero-order valence-corrected chi connectivity index (χ0v) is 11.7. The van der Waals surface area contributed by atoms with E-state index in [1.165, 1.54) is 16.2 Å². The average molecular weight is 266 g/mol. The topological polar surface area (TPSA) is 66.6 Å². The van der Waals surface area contributed by atoms with Crippen LogP contribution in [-0.2, 0) is 0 Å². The highest BCUT2D eigenvalue weighted by atomic mass is 32.1. The Morgan fingerprint density at radius 2 is 2.28 bits per heavy atom. The summed E-state index contributed by atoms with van der Waals surface area (Å²) < 4.78 is 0. The summed E-state index contributed by atoms with van der Waals surface area (Å²) in [5.74, 6) is 5.53. The van der Waals surface area contributed by atoms with Crippen LogP contribution in [0.4, 0.5) is 0 Å². The van der Waals surface area contributed by atoms with Gasteiger partial charge in [0, 0.05) is 12.4 Å². The third-order valence-corrected chi connectivity index (χ3v) is 3.61. The highest BCUT2D eigenvalue weighted by molar-refractivity contribution is 7.10. The summed E-state index contributed by atoms with van der Waals surface area (Å²) in [7, 11) is 1.68. The number of nitrogens with two attached hydrogens (primary N) is 1. The van der Waals surface area contributed by atoms with Crippen molar-refractivity contribution in [1.29, 1.82) is 0 Å². The fraction of sp³-hybridized carbons (Fsp3) is 0.462. The van der Waals surface area contributed by atoms with E-state index in [0.717, 1.165) is 4.88 Å². The molecule has 0 aliphatic heterocycles. The molecule has 0 unspecified atom stereocenters. The van der Waals surface area contributed by atoms with Gasteiger partial charge in [-0.25, -0.2) is 0 Å².